The van der Waals surface area contributed by atoms with Crippen molar-refractivity contribution in [2.24, 2.45) is 0 Å². The number of hydrogen-bond donors (Lipinski definition) is 0. The topological polar surface area (TPSA) is 21.7 Å². The molecule has 3 nitrogen and oxygen atoms in total. The van der Waals surface area contributed by atoms with Crippen LogP contribution in [0.3, 0.4) is 0 Å². The van der Waals surface area contributed by atoms with E-state index in [2.05, 4.69) is 36.5 Å². The third-order valence-corrected chi connectivity index (χ3v) is 4.19. The molecule has 116 valence electrons. The number of thiophene rings is 1. The van der Waals surface area contributed by atoms with Crippen molar-refractivity contribution in [1.29, 1.82) is 0 Å². The smallest absolute Gasteiger partial charge is 0.161 e. The van der Waals surface area contributed by atoms with Crippen LogP contribution >= 0.6 is 23.7 Å². The van der Waals surface area contributed by atoms with Gasteiger partial charge in [-0.1, -0.05) is 18.2 Å². The van der Waals surface area contributed by atoms with Gasteiger partial charge in [-0.3, -0.25) is 0 Å². The lowest BCUT2D eigenvalue weighted by molar-refractivity contribution is 0.221. The fourth-order valence-electron chi connectivity index (χ4n) is 2.15. The molecule has 1 atom stereocenters. The van der Waals surface area contributed by atoms with Crippen molar-refractivity contribution in [2.45, 2.75) is 12.5 Å². The predicted octanol–water partition coefficient (Wildman–Crippen LogP) is 4.25. The Morgan fingerprint density at radius 2 is 1.81 bits per heavy atom. The van der Waals surface area contributed by atoms with Crippen LogP contribution < -0.4 is 9.47 Å². The van der Waals surface area contributed by atoms with Gasteiger partial charge in [0.25, 0.3) is 0 Å². The monoisotopic (exact) mass is 327 g/mol. The largest absolute Gasteiger partial charge is 0.493 e. The molecule has 5 heteroatoms. The minimum Gasteiger partial charge on any atom is -0.493 e. The number of ether oxygens (including phenoxy) is 2. The molecule has 0 amide bonds. The molecule has 0 saturated carbocycles. The molecule has 1 aromatic carbocycles. The first-order chi connectivity index (χ1) is 9.72. The van der Waals surface area contributed by atoms with Crippen molar-refractivity contribution < 1.29 is 9.47 Å². The second kappa shape index (κ2) is 8.93. The van der Waals surface area contributed by atoms with Gasteiger partial charge in [0, 0.05) is 17.3 Å². The van der Waals surface area contributed by atoms with E-state index in [9.17, 15) is 0 Å². The fraction of sp³-hybridized carbons (Fsp3) is 0.375. The van der Waals surface area contributed by atoms with Gasteiger partial charge in [-0.2, -0.15) is 0 Å². The number of methoxy groups -OCH3 is 1. The third-order valence-electron chi connectivity index (χ3n) is 3.21. The highest BCUT2D eigenvalue weighted by Gasteiger charge is 2.15. The zero-order valence-corrected chi connectivity index (χ0v) is 14.2. The molecule has 1 aromatic heterocycles. The van der Waals surface area contributed by atoms with E-state index in [-0.39, 0.29) is 12.4 Å². The minimum absolute atomic E-state index is 0. The summed E-state index contributed by atoms with van der Waals surface area (Å²) in [5.74, 6) is 1.59. The normalized spacial score (nSPS) is 11.8. The molecule has 2 rings (SSSR count). The first kappa shape index (κ1) is 17.8. The Hall–Kier alpha value is -1.23. The van der Waals surface area contributed by atoms with Crippen molar-refractivity contribution >= 4 is 23.7 Å². The highest BCUT2D eigenvalue weighted by atomic mass is 35.5. The van der Waals surface area contributed by atoms with Crippen LogP contribution in [0.5, 0.6) is 11.5 Å². The van der Waals surface area contributed by atoms with Crippen molar-refractivity contribution in [1.82, 2.24) is 4.90 Å². The molecule has 2 aromatic rings. The lowest BCUT2D eigenvalue weighted by atomic mass is 10.1. The molecule has 0 saturated heterocycles. The first-order valence-corrected chi connectivity index (χ1v) is 7.56. The summed E-state index contributed by atoms with van der Waals surface area (Å²) in [4.78, 5) is 3.61. The zero-order valence-electron chi connectivity index (χ0n) is 12.6. The van der Waals surface area contributed by atoms with Crippen LogP contribution in [-0.2, 0) is 0 Å². The van der Waals surface area contributed by atoms with Gasteiger partial charge in [0.2, 0.25) is 0 Å². The van der Waals surface area contributed by atoms with E-state index in [4.69, 9.17) is 9.47 Å². The maximum atomic E-state index is 5.86. The number of halogens is 1. The summed E-state index contributed by atoms with van der Waals surface area (Å²) in [6.45, 7) is 0.668. The van der Waals surface area contributed by atoms with Crippen LogP contribution in [0, 0.1) is 0 Å². The molecule has 0 spiro atoms. The molecule has 0 radical (unpaired) electrons. The molecular formula is C16H22ClNO2S. The minimum atomic E-state index is 0. The Labute approximate surface area is 136 Å². The Morgan fingerprint density at radius 3 is 2.38 bits per heavy atom. The van der Waals surface area contributed by atoms with Crippen LogP contribution in [0.2, 0.25) is 0 Å². The summed E-state index contributed by atoms with van der Waals surface area (Å²) in [6, 6.07) is 12.4. The Kier molecular flexibility index (Phi) is 7.57. The molecule has 0 aliphatic rings. The summed E-state index contributed by atoms with van der Waals surface area (Å²) in [5, 5.41) is 2.12. The van der Waals surface area contributed by atoms with Gasteiger partial charge in [-0.25, -0.2) is 0 Å². The molecule has 0 N–H and O–H groups in total. The molecule has 1 unspecified atom stereocenters. The second-order valence-electron chi connectivity index (χ2n) is 4.78. The van der Waals surface area contributed by atoms with Gasteiger partial charge in [0.15, 0.2) is 11.5 Å². The number of para-hydroxylation sites is 2. The van der Waals surface area contributed by atoms with Crippen molar-refractivity contribution in [3.63, 3.8) is 0 Å². The van der Waals surface area contributed by atoms with E-state index in [1.165, 1.54) is 4.88 Å². The van der Waals surface area contributed by atoms with Crippen LogP contribution in [0.15, 0.2) is 41.8 Å². The van der Waals surface area contributed by atoms with Crippen LogP contribution in [0.4, 0.5) is 0 Å². The quantitative estimate of drug-likeness (QED) is 0.758. The van der Waals surface area contributed by atoms with Crippen LogP contribution in [0.25, 0.3) is 0 Å². The molecule has 1 heterocycles. The fourth-order valence-corrected chi connectivity index (χ4v) is 3.11. The van der Waals surface area contributed by atoms with E-state index in [1.54, 1.807) is 18.4 Å². The van der Waals surface area contributed by atoms with Crippen molar-refractivity contribution in [3.8, 4) is 11.5 Å². The standard InChI is InChI=1S/C16H21NO2S.ClH/c1-17(2)13(16-9-6-12-20-16)10-11-19-15-8-5-4-7-14(15)18-3;/h4-9,12-13H,10-11H2,1-3H3;1H. The predicted molar refractivity (Wildman–Crippen MR) is 91.1 cm³/mol. The molecular weight excluding hydrogens is 306 g/mol. The Morgan fingerprint density at radius 1 is 1.10 bits per heavy atom. The second-order valence-corrected chi connectivity index (χ2v) is 5.76. The number of rotatable bonds is 7. The van der Waals surface area contributed by atoms with Crippen molar-refractivity contribution in [2.75, 3.05) is 27.8 Å². The number of nitrogens with zero attached hydrogens (tertiary/aromatic N) is 1. The highest BCUT2D eigenvalue weighted by molar-refractivity contribution is 7.10. The molecule has 0 bridgehead atoms. The summed E-state index contributed by atoms with van der Waals surface area (Å²) in [6.07, 6.45) is 0.950. The molecule has 0 fully saturated rings. The van der Waals surface area contributed by atoms with Gasteiger partial charge >= 0.3 is 0 Å². The lowest BCUT2D eigenvalue weighted by Crippen LogP contribution is -2.21. The van der Waals surface area contributed by atoms with E-state index in [0.29, 0.717) is 12.6 Å². The van der Waals surface area contributed by atoms with E-state index >= 15 is 0 Å². The number of hydrogen-bond acceptors (Lipinski definition) is 4. The van der Waals surface area contributed by atoms with Crippen LogP contribution in [0.1, 0.15) is 17.3 Å². The summed E-state index contributed by atoms with van der Waals surface area (Å²) in [5.41, 5.74) is 0. The zero-order chi connectivity index (χ0) is 14.4. The maximum Gasteiger partial charge on any atom is 0.161 e. The SMILES string of the molecule is COc1ccccc1OCCC(c1cccs1)N(C)C.Cl. The van der Waals surface area contributed by atoms with Gasteiger partial charge < -0.3 is 14.4 Å². The molecule has 0 aliphatic heterocycles. The van der Waals surface area contributed by atoms with Gasteiger partial charge in [-0.05, 0) is 37.7 Å². The number of benzene rings is 1. The summed E-state index contributed by atoms with van der Waals surface area (Å²) < 4.78 is 11.1. The maximum absolute atomic E-state index is 5.86. The van der Waals surface area contributed by atoms with Crippen LogP contribution in [-0.4, -0.2) is 32.7 Å². The average Bonchev–Trinajstić information content (AvgIpc) is 2.97. The van der Waals surface area contributed by atoms with E-state index in [0.717, 1.165) is 17.9 Å². The average molecular weight is 328 g/mol. The third kappa shape index (κ3) is 4.92. The molecule has 0 aliphatic carbocycles. The van der Waals surface area contributed by atoms with E-state index in [1.807, 2.05) is 24.3 Å². The summed E-state index contributed by atoms with van der Waals surface area (Å²) >= 11 is 1.79. The van der Waals surface area contributed by atoms with Gasteiger partial charge in [-0.15, -0.1) is 23.7 Å². The first-order valence-electron chi connectivity index (χ1n) is 6.68. The molecule has 21 heavy (non-hydrogen) atoms. The van der Waals surface area contributed by atoms with Gasteiger partial charge in [0.05, 0.1) is 13.7 Å². The van der Waals surface area contributed by atoms with Gasteiger partial charge in [0.1, 0.15) is 0 Å². The van der Waals surface area contributed by atoms with E-state index < -0.39 is 0 Å². The summed E-state index contributed by atoms with van der Waals surface area (Å²) in [7, 11) is 5.87. The lowest BCUT2D eigenvalue weighted by Gasteiger charge is -2.23. The van der Waals surface area contributed by atoms with Crippen molar-refractivity contribution in [3.05, 3.63) is 46.7 Å². The Bertz CT molecular complexity index is 517. The Balaban J connectivity index is 0.00000220. The highest BCUT2D eigenvalue weighted by Crippen LogP contribution is 2.29.